The Kier molecular flexibility index (Phi) is 6.89. The number of benzene rings is 3. The van der Waals surface area contributed by atoms with Gasteiger partial charge in [0, 0.05) is 35.6 Å². The predicted molar refractivity (Wildman–Crippen MR) is 142 cm³/mol. The monoisotopic (exact) mass is 520 g/mol. The van der Waals surface area contributed by atoms with E-state index in [1.165, 1.54) is 41.3 Å². The van der Waals surface area contributed by atoms with Gasteiger partial charge in [0.25, 0.3) is 11.7 Å². The summed E-state index contributed by atoms with van der Waals surface area (Å²) in [6.45, 7) is 4.06. The van der Waals surface area contributed by atoms with Gasteiger partial charge >= 0.3 is 0 Å². The van der Waals surface area contributed by atoms with E-state index >= 15 is 4.39 Å². The van der Waals surface area contributed by atoms with Gasteiger partial charge in [-0.2, -0.15) is 0 Å². The Morgan fingerprint density at radius 2 is 1.70 bits per heavy atom. The van der Waals surface area contributed by atoms with Crippen molar-refractivity contribution in [3.63, 3.8) is 0 Å². The van der Waals surface area contributed by atoms with Crippen LogP contribution in [-0.4, -0.2) is 36.5 Å². The van der Waals surface area contributed by atoms with Crippen LogP contribution >= 0.6 is 11.6 Å². The van der Waals surface area contributed by atoms with E-state index in [9.17, 15) is 14.7 Å². The van der Waals surface area contributed by atoms with E-state index in [2.05, 4.69) is 4.90 Å². The number of rotatable bonds is 6. The first-order valence-electron chi connectivity index (χ1n) is 12.2. The molecule has 8 heteroatoms. The van der Waals surface area contributed by atoms with Gasteiger partial charge in [-0.15, -0.1) is 0 Å². The number of hydrogen-bond acceptors (Lipinski definition) is 5. The molecule has 3 aromatic carbocycles. The number of ether oxygens (including phenoxy) is 1. The summed E-state index contributed by atoms with van der Waals surface area (Å²) in [7, 11) is 0. The molecule has 0 aliphatic carbocycles. The average Bonchev–Trinajstić information content (AvgIpc) is 3.53. The Morgan fingerprint density at radius 1 is 1.03 bits per heavy atom. The van der Waals surface area contributed by atoms with Gasteiger partial charge in [0.15, 0.2) is 0 Å². The number of carbonyl (C=O) groups is 2. The molecule has 1 unspecified atom stereocenters. The minimum atomic E-state index is -1.16. The second kappa shape index (κ2) is 10.3. The predicted octanol–water partition coefficient (Wildman–Crippen LogP) is 6.10. The highest BCUT2D eigenvalue weighted by atomic mass is 35.5. The zero-order chi connectivity index (χ0) is 26.1. The van der Waals surface area contributed by atoms with Crippen molar-refractivity contribution in [3.05, 3.63) is 94.3 Å². The Hall–Kier alpha value is -3.84. The molecular weight excluding hydrogens is 495 g/mol. The first kappa shape index (κ1) is 24.8. The van der Waals surface area contributed by atoms with Gasteiger partial charge in [-0.05, 0) is 68.3 Å². The number of hydrogen-bond donors (Lipinski definition) is 1. The Bertz CT molecular complexity index is 1380. The number of anilines is 2. The standard InChI is InChI=1S/C29H26ClFN2O4/c1-2-37-24-17-18(9-14-22(24)30)27(34)25-26(21-7-3-4-8-23(21)31)33(29(36)28(25)35)20-12-10-19(11-13-20)32-15-5-6-16-32/h3-4,7-14,17,26,34H,2,5-6,15-16H2,1H3/b27-25+. The van der Waals surface area contributed by atoms with Gasteiger partial charge < -0.3 is 14.7 Å². The van der Waals surface area contributed by atoms with Crippen LogP contribution in [-0.2, 0) is 9.59 Å². The van der Waals surface area contributed by atoms with E-state index in [1.807, 2.05) is 12.1 Å². The van der Waals surface area contributed by atoms with Crippen molar-refractivity contribution in [3.8, 4) is 5.75 Å². The fraction of sp³-hybridized carbons (Fsp3) is 0.241. The zero-order valence-corrected chi connectivity index (χ0v) is 21.0. The number of carbonyl (C=O) groups excluding carboxylic acids is 2. The molecule has 2 heterocycles. The third kappa shape index (κ3) is 4.55. The van der Waals surface area contributed by atoms with Gasteiger partial charge in [-0.3, -0.25) is 14.5 Å². The fourth-order valence-corrected chi connectivity index (χ4v) is 5.13. The summed E-state index contributed by atoms with van der Waals surface area (Å²) in [6.07, 6.45) is 2.25. The first-order chi connectivity index (χ1) is 17.9. The smallest absolute Gasteiger partial charge is 0.300 e. The summed E-state index contributed by atoms with van der Waals surface area (Å²) in [5.41, 5.74) is 1.58. The first-order valence-corrected chi connectivity index (χ1v) is 12.6. The number of aliphatic hydroxyl groups is 1. The van der Waals surface area contributed by atoms with Gasteiger partial charge in [0.1, 0.15) is 17.3 Å². The molecule has 1 N–H and O–H groups in total. The van der Waals surface area contributed by atoms with Gasteiger partial charge in [-0.1, -0.05) is 29.8 Å². The third-order valence-electron chi connectivity index (χ3n) is 6.75. The van der Waals surface area contributed by atoms with E-state index in [-0.39, 0.29) is 16.7 Å². The van der Waals surface area contributed by atoms with Crippen LogP contribution in [0.2, 0.25) is 5.02 Å². The molecule has 0 saturated carbocycles. The lowest BCUT2D eigenvalue weighted by Crippen LogP contribution is -2.30. The molecular formula is C29H26ClFN2O4. The number of nitrogens with zero attached hydrogens (tertiary/aromatic N) is 2. The molecule has 37 heavy (non-hydrogen) atoms. The maximum Gasteiger partial charge on any atom is 0.300 e. The summed E-state index contributed by atoms with van der Waals surface area (Å²) in [6, 6.07) is 16.6. The number of amides is 1. The summed E-state index contributed by atoms with van der Waals surface area (Å²) >= 11 is 6.19. The largest absolute Gasteiger partial charge is 0.507 e. The topological polar surface area (TPSA) is 70.1 Å². The molecule has 2 fully saturated rings. The Balaban J connectivity index is 1.64. The minimum absolute atomic E-state index is 0.103. The molecule has 2 aliphatic heterocycles. The average molecular weight is 521 g/mol. The number of aliphatic hydroxyl groups excluding tert-OH is 1. The quantitative estimate of drug-likeness (QED) is 0.241. The molecule has 6 nitrogen and oxygen atoms in total. The molecule has 0 radical (unpaired) electrons. The summed E-state index contributed by atoms with van der Waals surface area (Å²) < 4.78 is 20.6. The number of ketones is 1. The molecule has 0 bridgehead atoms. The van der Waals surface area contributed by atoms with Crippen molar-refractivity contribution in [2.24, 2.45) is 0 Å². The second-order valence-corrected chi connectivity index (χ2v) is 9.39. The normalized spacial score (nSPS) is 19.1. The van der Waals surface area contributed by atoms with Crippen LogP contribution in [0.4, 0.5) is 15.8 Å². The summed E-state index contributed by atoms with van der Waals surface area (Å²) in [5, 5.41) is 11.7. The molecule has 5 rings (SSSR count). The van der Waals surface area contributed by atoms with Crippen molar-refractivity contribution >= 4 is 40.4 Å². The van der Waals surface area contributed by atoms with Crippen LogP contribution in [0.25, 0.3) is 5.76 Å². The van der Waals surface area contributed by atoms with Crippen LogP contribution in [0.3, 0.4) is 0 Å². The molecule has 1 amide bonds. The molecule has 0 spiro atoms. The maximum atomic E-state index is 15.1. The van der Waals surface area contributed by atoms with Crippen molar-refractivity contribution in [1.82, 2.24) is 0 Å². The van der Waals surface area contributed by atoms with Crippen molar-refractivity contribution in [2.75, 3.05) is 29.5 Å². The number of halogens is 2. The van der Waals surface area contributed by atoms with Crippen molar-refractivity contribution < 1.29 is 23.8 Å². The van der Waals surface area contributed by atoms with E-state index in [4.69, 9.17) is 16.3 Å². The van der Waals surface area contributed by atoms with Crippen LogP contribution in [0.15, 0.2) is 72.3 Å². The van der Waals surface area contributed by atoms with E-state index in [1.54, 1.807) is 25.1 Å². The molecule has 2 aliphatic rings. The highest BCUT2D eigenvalue weighted by Crippen LogP contribution is 2.43. The number of Topliss-reactive ketones (excluding diaryl/α,β-unsaturated/α-hetero) is 1. The molecule has 0 aromatic heterocycles. The van der Waals surface area contributed by atoms with Crippen LogP contribution in [0.5, 0.6) is 5.75 Å². The lowest BCUT2D eigenvalue weighted by molar-refractivity contribution is -0.132. The maximum absolute atomic E-state index is 15.1. The SMILES string of the molecule is CCOc1cc(/C(O)=C2\C(=O)C(=O)N(c3ccc(N4CCCC4)cc3)C2c2ccccc2F)ccc1Cl. The summed E-state index contributed by atoms with van der Waals surface area (Å²) in [4.78, 5) is 30.2. The van der Waals surface area contributed by atoms with Crippen molar-refractivity contribution in [2.45, 2.75) is 25.8 Å². The Labute approximate surface area is 219 Å². The zero-order valence-electron chi connectivity index (χ0n) is 20.3. The molecule has 2 saturated heterocycles. The summed E-state index contributed by atoms with van der Waals surface area (Å²) in [5.74, 6) is -2.45. The second-order valence-electron chi connectivity index (χ2n) is 8.98. The van der Waals surface area contributed by atoms with Crippen LogP contribution in [0.1, 0.15) is 36.9 Å². The fourth-order valence-electron chi connectivity index (χ4n) is 4.96. The minimum Gasteiger partial charge on any atom is -0.507 e. The lowest BCUT2D eigenvalue weighted by atomic mass is 9.94. The van der Waals surface area contributed by atoms with Gasteiger partial charge in [-0.25, -0.2) is 4.39 Å². The molecule has 3 aromatic rings. The molecule has 1 atom stereocenters. The van der Waals surface area contributed by atoms with Crippen LogP contribution in [0, 0.1) is 5.82 Å². The van der Waals surface area contributed by atoms with E-state index in [0.29, 0.717) is 23.1 Å². The highest BCUT2D eigenvalue weighted by Gasteiger charge is 2.47. The Morgan fingerprint density at radius 3 is 2.38 bits per heavy atom. The van der Waals surface area contributed by atoms with E-state index in [0.717, 1.165) is 31.6 Å². The van der Waals surface area contributed by atoms with E-state index < -0.39 is 29.3 Å². The van der Waals surface area contributed by atoms with Gasteiger partial charge in [0.05, 0.1) is 23.2 Å². The van der Waals surface area contributed by atoms with Crippen LogP contribution < -0.4 is 14.5 Å². The molecule has 190 valence electrons. The van der Waals surface area contributed by atoms with Gasteiger partial charge in [0.2, 0.25) is 0 Å². The lowest BCUT2D eigenvalue weighted by Gasteiger charge is -2.26. The third-order valence-corrected chi connectivity index (χ3v) is 7.06. The highest BCUT2D eigenvalue weighted by molar-refractivity contribution is 6.51. The van der Waals surface area contributed by atoms with Crippen molar-refractivity contribution in [1.29, 1.82) is 0 Å².